The number of aliphatic hydroxyl groups excluding tert-OH is 2. The maximum atomic E-state index is 11.7. The molecule has 1 aromatic rings. The fourth-order valence-corrected chi connectivity index (χ4v) is 2.10. The molecule has 1 aliphatic heterocycles. The molecule has 100 valence electrons. The number of ether oxygens (including phenoxy) is 1. The molecular weight excluding hydrogens is 242 g/mol. The van der Waals surface area contributed by atoms with Crippen LogP contribution in [0.1, 0.15) is 13.0 Å². The average Bonchev–Trinajstić information content (AvgIpc) is 2.51. The van der Waals surface area contributed by atoms with Gasteiger partial charge in [0.05, 0.1) is 12.6 Å². The van der Waals surface area contributed by atoms with Crippen molar-refractivity contribution in [2.45, 2.75) is 31.0 Å². The number of rotatable bonds is 2. The van der Waals surface area contributed by atoms with Crippen molar-refractivity contribution in [3.05, 3.63) is 22.7 Å². The fraction of sp³-hybridized carbons (Fsp3) is 0.600. The van der Waals surface area contributed by atoms with Crippen LogP contribution in [0.2, 0.25) is 0 Å². The highest BCUT2D eigenvalue weighted by molar-refractivity contribution is 5.24. The molecule has 0 saturated carbocycles. The molecule has 1 saturated heterocycles. The first-order chi connectivity index (χ1) is 8.36. The number of nitrogen functional groups attached to an aromatic ring is 1. The molecule has 1 aromatic heterocycles. The number of hydrogen-bond acceptors (Lipinski definition) is 7. The van der Waals surface area contributed by atoms with Crippen molar-refractivity contribution in [3.8, 4) is 0 Å². The lowest BCUT2D eigenvalue weighted by atomic mass is 10.0. The molecule has 0 amide bonds. The SMILES string of the molecule is CC1(O)OC(CO)C(n2ccc(N)nc2=O)C1O. The molecule has 4 unspecified atom stereocenters. The van der Waals surface area contributed by atoms with Crippen LogP contribution >= 0.6 is 0 Å². The van der Waals surface area contributed by atoms with Gasteiger partial charge in [0.25, 0.3) is 0 Å². The molecule has 0 aliphatic carbocycles. The van der Waals surface area contributed by atoms with Gasteiger partial charge < -0.3 is 25.8 Å². The standard InChI is InChI=1S/C10H15N3O5/c1-10(17)8(15)7(5(4-14)18-10)13-3-2-6(11)12-9(13)16/h2-3,5,7-8,14-15,17H,4H2,1H3,(H2,11,12,16). The summed E-state index contributed by atoms with van der Waals surface area (Å²) in [5.74, 6) is -1.78. The molecule has 8 heteroatoms. The van der Waals surface area contributed by atoms with Crippen LogP contribution in [0.4, 0.5) is 5.82 Å². The summed E-state index contributed by atoms with van der Waals surface area (Å²) < 4.78 is 6.19. The van der Waals surface area contributed by atoms with Crippen LogP contribution in [0, 0.1) is 0 Å². The zero-order valence-corrected chi connectivity index (χ0v) is 9.72. The van der Waals surface area contributed by atoms with Crippen LogP contribution < -0.4 is 11.4 Å². The first kappa shape index (κ1) is 13.0. The molecule has 0 radical (unpaired) electrons. The monoisotopic (exact) mass is 257 g/mol. The van der Waals surface area contributed by atoms with Crippen molar-refractivity contribution in [2.24, 2.45) is 0 Å². The predicted octanol–water partition coefficient (Wildman–Crippen LogP) is -2.17. The van der Waals surface area contributed by atoms with Crippen molar-refractivity contribution in [2.75, 3.05) is 12.3 Å². The Morgan fingerprint density at radius 1 is 1.67 bits per heavy atom. The van der Waals surface area contributed by atoms with Crippen LogP contribution in [0.3, 0.4) is 0 Å². The molecule has 1 aliphatic rings. The zero-order valence-electron chi connectivity index (χ0n) is 9.72. The van der Waals surface area contributed by atoms with E-state index in [1.165, 1.54) is 19.2 Å². The maximum Gasteiger partial charge on any atom is 0.349 e. The van der Waals surface area contributed by atoms with Crippen molar-refractivity contribution in [1.29, 1.82) is 0 Å². The van der Waals surface area contributed by atoms with Gasteiger partial charge in [-0.2, -0.15) is 4.98 Å². The zero-order chi connectivity index (χ0) is 13.5. The fourth-order valence-electron chi connectivity index (χ4n) is 2.10. The third kappa shape index (κ3) is 1.99. The van der Waals surface area contributed by atoms with E-state index in [0.29, 0.717) is 0 Å². The molecule has 18 heavy (non-hydrogen) atoms. The Kier molecular flexibility index (Phi) is 3.11. The van der Waals surface area contributed by atoms with Gasteiger partial charge >= 0.3 is 5.69 Å². The van der Waals surface area contributed by atoms with Crippen LogP contribution in [-0.2, 0) is 4.74 Å². The van der Waals surface area contributed by atoms with Crippen LogP contribution in [0.25, 0.3) is 0 Å². The summed E-state index contributed by atoms with van der Waals surface area (Å²) in [4.78, 5) is 15.2. The minimum atomic E-state index is -1.83. The lowest BCUT2D eigenvalue weighted by Gasteiger charge is -2.22. The van der Waals surface area contributed by atoms with E-state index in [1.807, 2.05) is 0 Å². The van der Waals surface area contributed by atoms with E-state index in [9.17, 15) is 20.1 Å². The van der Waals surface area contributed by atoms with E-state index < -0.39 is 36.3 Å². The van der Waals surface area contributed by atoms with E-state index in [4.69, 9.17) is 10.5 Å². The number of nitrogens with zero attached hydrogens (tertiary/aromatic N) is 2. The van der Waals surface area contributed by atoms with Gasteiger partial charge in [-0.1, -0.05) is 0 Å². The van der Waals surface area contributed by atoms with Crippen molar-refractivity contribution < 1.29 is 20.1 Å². The van der Waals surface area contributed by atoms with E-state index in [-0.39, 0.29) is 5.82 Å². The predicted molar refractivity (Wildman–Crippen MR) is 60.5 cm³/mol. The average molecular weight is 257 g/mol. The van der Waals surface area contributed by atoms with Crippen LogP contribution in [0.15, 0.2) is 17.1 Å². The highest BCUT2D eigenvalue weighted by Crippen LogP contribution is 2.35. The summed E-state index contributed by atoms with van der Waals surface area (Å²) in [5.41, 5.74) is 4.68. The minimum absolute atomic E-state index is 0.0527. The highest BCUT2D eigenvalue weighted by Gasteiger charge is 2.51. The normalized spacial score (nSPS) is 35.9. The Hall–Kier alpha value is -1.48. The van der Waals surface area contributed by atoms with Gasteiger partial charge in [-0.05, 0) is 13.0 Å². The first-order valence-corrected chi connectivity index (χ1v) is 5.40. The van der Waals surface area contributed by atoms with Crippen molar-refractivity contribution in [3.63, 3.8) is 0 Å². The van der Waals surface area contributed by atoms with E-state index in [0.717, 1.165) is 4.57 Å². The summed E-state index contributed by atoms with van der Waals surface area (Å²) >= 11 is 0. The number of anilines is 1. The Morgan fingerprint density at radius 3 is 2.89 bits per heavy atom. The Labute approximate surface area is 102 Å². The second kappa shape index (κ2) is 4.32. The number of hydrogen-bond donors (Lipinski definition) is 4. The Balaban J connectivity index is 2.45. The quantitative estimate of drug-likeness (QED) is 0.474. The van der Waals surface area contributed by atoms with Gasteiger partial charge in [0.15, 0.2) is 5.79 Å². The summed E-state index contributed by atoms with van der Waals surface area (Å²) in [6.07, 6.45) is -0.928. The van der Waals surface area contributed by atoms with Crippen LogP contribution in [0.5, 0.6) is 0 Å². The van der Waals surface area contributed by atoms with Gasteiger partial charge in [-0.3, -0.25) is 4.57 Å². The highest BCUT2D eigenvalue weighted by atomic mass is 16.7. The lowest BCUT2D eigenvalue weighted by molar-refractivity contribution is -0.217. The largest absolute Gasteiger partial charge is 0.394 e. The molecule has 2 heterocycles. The van der Waals surface area contributed by atoms with E-state index in [1.54, 1.807) is 0 Å². The Bertz CT molecular complexity index is 501. The molecule has 8 nitrogen and oxygen atoms in total. The van der Waals surface area contributed by atoms with E-state index in [2.05, 4.69) is 4.98 Å². The Morgan fingerprint density at radius 2 is 2.33 bits per heavy atom. The van der Waals surface area contributed by atoms with Gasteiger partial charge in [-0.25, -0.2) is 4.79 Å². The number of nitrogens with two attached hydrogens (primary N) is 1. The van der Waals surface area contributed by atoms with Gasteiger partial charge in [0.1, 0.15) is 18.0 Å². The molecule has 0 aromatic carbocycles. The van der Waals surface area contributed by atoms with Crippen molar-refractivity contribution >= 4 is 5.82 Å². The van der Waals surface area contributed by atoms with E-state index >= 15 is 0 Å². The molecular formula is C10H15N3O5. The molecule has 4 atom stereocenters. The maximum absolute atomic E-state index is 11.7. The molecule has 5 N–H and O–H groups in total. The first-order valence-electron chi connectivity index (χ1n) is 5.40. The molecule has 2 rings (SSSR count). The summed E-state index contributed by atoms with van der Waals surface area (Å²) in [7, 11) is 0. The van der Waals surface area contributed by atoms with Crippen molar-refractivity contribution in [1.82, 2.24) is 9.55 Å². The number of aromatic nitrogens is 2. The second-order valence-corrected chi connectivity index (χ2v) is 4.37. The summed E-state index contributed by atoms with van der Waals surface area (Å²) in [6, 6.07) is 0.459. The second-order valence-electron chi connectivity index (χ2n) is 4.37. The third-order valence-electron chi connectivity index (χ3n) is 3.00. The topological polar surface area (TPSA) is 131 Å². The molecule has 0 bridgehead atoms. The van der Waals surface area contributed by atoms with Gasteiger partial charge in [-0.15, -0.1) is 0 Å². The lowest BCUT2D eigenvalue weighted by Crippen LogP contribution is -2.42. The smallest absolute Gasteiger partial charge is 0.349 e. The minimum Gasteiger partial charge on any atom is -0.394 e. The van der Waals surface area contributed by atoms with Gasteiger partial charge in [0.2, 0.25) is 0 Å². The number of aliphatic hydroxyl groups is 3. The van der Waals surface area contributed by atoms with Crippen LogP contribution in [-0.4, -0.2) is 49.5 Å². The molecule has 1 fully saturated rings. The van der Waals surface area contributed by atoms with Gasteiger partial charge in [0, 0.05) is 6.20 Å². The summed E-state index contributed by atoms with van der Waals surface area (Å²) in [5, 5.41) is 28.9. The molecule has 0 spiro atoms. The summed E-state index contributed by atoms with van der Waals surface area (Å²) in [6.45, 7) is 0.810. The third-order valence-corrected chi connectivity index (χ3v) is 3.00.